The Bertz CT molecular complexity index is 1360. The van der Waals surface area contributed by atoms with Gasteiger partial charge in [0.25, 0.3) is 5.91 Å². The summed E-state index contributed by atoms with van der Waals surface area (Å²) >= 11 is 0. The average molecular weight is 598 g/mol. The largest absolute Gasteiger partial charge is 0.573 e. The van der Waals surface area contributed by atoms with Gasteiger partial charge < -0.3 is 29.7 Å². The number of nitrogens with zero attached hydrogens (tertiary/aromatic N) is 3. The van der Waals surface area contributed by atoms with E-state index in [0.717, 1.165) is 12.1 Å². The molecule has 0 spiro atoms. The van der Waals surface area contributed by atoms with Crippen LogP contribution in [-0.4, -0.2) is 74.1 Å². The molecule has 0 fully saturated rings. The predicted octanol–water partition coefficient (Wildman–Crippen LogP) is 4.27. The topological polar surface area (TPSA) is 134 Å². The summed E-state index contributed by atoms with van der Waals surface area (Å²) in [5.74, 6) is -2.95. The van der Waals surface area contributed by atoms with E-state index in [4.69, 9.17) is 9.84 Å². The number of halogens is 4. The Morgan fingerprint density at radius 2 is 1.64 bits per heavy atom. The highest BCUT2D eigenvalue weighted by Gasteiger charge is 2.32. The number of carbonyl (C=O) groups is 2. The molecule has 42 heavy (non-hydrogen) atoms. The molecular weight excluding hydrogens is 566 g/mol. The second-order valence-corrected chi connectivity index (χ2v) is 9.92. The molecule has 3 N–H and O–H groups in total. The summed E-state index contributed by atoms with van der Waals surface area (Å²) in [6.45, 7) is 3.20. The zero-order valence-electron chi connectivity index (χ0n) is 23.0. The Morgan fingerprint density at radius 3 is 2.19 bits per heavy atom. The van der Waals surface area contributed by atoms with Crippen LogP contribution in [0, 0.1) is 5.82 Å². The van der Waals surface area contributed by atoms with Crippen molar-refractivity contribution >= 4 is 11.9 Å². The SMILES string of the molecule is CC(C)c1c(C(=O)N(C)Cc2ccc(OC(F)(F)F)cc2)nn(-c2ccc(F)cc2)c1OC[C@@H](O)C[C@@H](O)CC(=O)O. The molecule has 3 rings (SSSR count). The van der Waals surface area contributed by atoms with Gasteiger partial charge in [0.05, 0.1) is 24.3 Å². The number of aliphatic hydroxyl groups excluding tert-OH is 2. The summed E-state index contributed by atoms with van der Waals surface area (Å²) in [4.78, 5) is 25.7. The van der Waals surface area contributed by atoms with Gasteiger partial charge in [-0.3, -0.25) is 9.59 Å². The van der Waals surface area contributed by atoms with Crippen molar-refractivity contribution in [3.63, 3.8) is 0 Å². The van der Waals surface area contributed by atoms with Crippen LogP contribution in [0.3, 0.4) is 0 Å². The number of aliphatic carboxylic acids is 1. The number of benzene rings is 2. The van der Waals surface area contributed by atoms with Gasteiger partial charge in [0.1, 0.15) is 18.2 Å². The number of carboxylic acids is 1. The van der Waals surface area contributed by atoms with E-state index in [1.807, 2.05) is 0 Å². The molecule has 1 aromatic heterocycles. The molecule has 0 bridgehead atoms. The lowest BCUT2D eigenvalue weighted by atomic mass is 10.0. The van der Waals surface area contributed by atoms with E-state index in [9.17, 15) is 37.4 Å². The second-order valence-electron chi connectivity index (χ2n) is 9.92. The van der Waals surface area contributed by atoms with E-state index in [2.05, 4.69) is 9.84 Å². The first-order chi connectivity index (χ1) is 19.6. The first-order valence-electron chi connectivity index (χ1n) is 12.8. The van der Waals surface area contributed by atoms with Gasteiger partial charge >= 0.3 is 12.3 Å². The second kappa shape index (κ2) is 13.7. The third kappa shape index (κ3) is 8.91. The normalized spacial score (nSPS) is 13.1. The molecule has 1 amide bonds. The van der Waals surface area contributed by atoms with Crippen LogP contribution in [0.2, 0.25) is 0 Å². The van der Waals surface area contributed by atoms with E-state index in [-0.39, 0.29) is 37.1 Å². The van der Waals surface area contributed by atoms with Crippen LogP contribution in [0.15, 0.2) is 48.5 Å². The number of hydrogen-bond acceptors (Lipinski definition) is 7. The van der Waals surface area contributed by atoms with Crippen LogP contribution in [0.25, 0.3) is 5.69 Å². The van der Waals surface area contributed by atoms with Crippen molar-refractivity contribution in [1.29, 1.82) is 0 Å². The van der Waals surface area contributed by atoms with Crippen LogP contribution in [0.1, 0.15) is 54.2 Å². The number of carbonyl (C=O) groups excluding carboxylic acids is 1. The minimum Gasteiger partial charge on any atom is -0.481 e. The van der Waals surface area contributed by atoms with Crippen LogP contribution >= 0.6 is 0 Å². The van der Waals surface area contributed by atoms with Crippen LogP contribution < -0.4 is 9.47 Å². The average Bonchev–Trinajstić information content (AvgIpc) is 3.27. The monoisotopic (exact) mass is 597 g/mol. The number of amides is 1. The van der Waals surface area contributed by atoms with Crippen molar-refractivity contribution in [2.45, 2.75) is 57.7 Å². The first-order valence-corrected chi connectivity index (χ1v) is 12.8. The van der Waals surface area contributed by atoms with E-state index in [1.54, 1.807) is 13.8 Å². The van der Waals surface area contributed by atoms with Crippen molar-refractivity contribution in [3.05, 3.63) is 71.2 Å². The number of aliphatic hydroxyl groups is 2. The molecule has 10 nitrogen and oxygen atoms in total. The molecule has 3 aromatic rings. The van der Waals surface area contributed by atoms with Gasteiger partial charge in [-0.25, -0.2) is 9.07 Å². The molecule has 0 aliphatic heterocycles. The van der Waals surface area contributed by atoms with E-state index >= 15 is 0 Å². The molecule has 0 saturated heterocycles. The van der Waals surface area contributed by atoms with E-state index in [0.29, 0.717) is 16.8 Å². The molecule has 0 radical (unpaired) electrons. The zero-order valence-corrected chi connectivity index (χ0v) is 23.0. The maximum absolute atomic E-state index is 13.6. The number of rotatable bonds is 13. The molecule has 0 unspecified atom stereocenters. The number of hydrogen-bond donors (Lipinski definition) is 3. The molecule has 0 aliphatic rings. The maximum atomic E-state index is 13.6. The lowest BCUT2D eigenvalue weighted by Crippen LogP contribution is -2.28. The van der Waals surface area contributed by atoms with Crippen LogP contribution in [0.5, 0.6) is 11.6 Å². The highest BCUT2D eigenvalue weighted by molar-refractivity contribution is 5.94. The van der Waals surface area contributed by atoms with Crippen molar-refractivity contribution in [2.24, 2.45) is 0 Å². The van der Waals surface area contributed by atoms with Gasteiger partial charge in [-0.2, -0.15) is 5.10 Å². The minimum atomic E-state index is -4.83. The van der Waals surface area contributed by atoms with Crippen molar-refractivity contribution in [1.82, 2.24) is 14.7 Å². The molecule has 2 atom stereocenters. The Balaban J connectivity index is 1.90. The van der Waals surface area contributed by atoms with Crippen molar-refractivity contribution in [3.8, 4) is 17.3 Å². The van der Waals surface area contributed by atoms with Gasteiger partial charge in [-0.1, -0.05) is 26.0 Å². The Labute approximate surface area is 238 Å². The molecular formula is C28H31F4N3O7. The Hall–Kier alpha value is -4.17. The third-order valence-corrected chi connectivity index (χ3v) is 6.02. The van der Waals surface area contributed by atoms with Crippen molar-refractivity contribution in [2.75, 3.05) is 13.7 Å². The van der Waals surface area contributed by atoms with Gasteiger partial charge in [0.2, 0.25) is 5.88 Å². The molecule has 2 aromatic carbocycles. The fourth-order valence-corrected chi connectivity index (χ4v) is 4.15. The lowest BCUT2D eigenvalue weighted by Gasteiger charge is -2.19. The zero-order chi connectivity index (χ0) is 31.2. The fraction of sp³-hybridized carbons (Fsp3) is 0.393. The maximum Gasteiger partial charge on any atom is 0.573 e. The standard InChI is InChI=1S/C28H31F4N3O7/c1-16(2)24-25(26(40)34(3)14-17-4-10-22(11-5-17)42-28(30,31)32)33-35(19-8-6-18(29)7-9-19)27(24)41-15-21(37)12-20(36)13-23(38)39/h4-11,16,20-21,36-37H,12-15H2,1-3H3,(H,38,39)/t20-,21+/m1/s1. The lowest BCUT2D eigenvalue weighted by molar-refractivity contribution is -0.274. The molecule has 0 saturated carbocycles. The molecule has 0 aliphatic carbocycles. The van der Waals surface area contributed by atoms with E-state index < -0.39 is 48.4 Å². The third-order valence-electron chi connectivity index (χ3n) is 6.02. The molecule has 228 valence electrons. The predicted molar refractivity (Wildman–Crippen MR) is 141 cm³/mol. The Morgan fingerprint density at radius 1 is 1.02 bits per heavy atom. The Kier molecular flexibility index (Phi) is 10.5. The van der Waals surface area contributed by atoms with Crippen molar-refractivity contribution < 1.29 is 51.9 Å². The highest BCUT2D eigenvalue weighted by Crippen LogP contribution is 2.34. The van der Waals surface area contributed by atoms with Crippen LogP contribution in [0.4, 0.5) is 17.6 Å². The fourth-order valence-electron chi connectivity index (χ4n) is 4.15. The smallest absolute Gasteiger partial charge is 0.481 e. The van der Waals surface area contributed by atoms with Gasteiger partial charge in [-0.05, 0) is 47.9 Å². The summed E-state index contributed by atoms with van der Waals surface area (Å²) in [5.41, 5.74) is 1.22. The summed E-state index contributed by atoms with van der Waals surface area (Å²) in [6, 6.07) is 10.2. The highest BCUT2D eigenvalue weighted by atomic mass is 19.4. The number of carboxylic acid groups (broad SMARTS) is 1. The summed E-state index contributed by atoms with van der Waals surface area (Å²) in [7, 11) is 1.48. The van der Waals surface area contributed by atoms with E-state index in [1.165, 1.54) is 53.0 Å². The summed E-state index contributed by atoms with van der Waals surface area (Å²) in [5, 5.41) is 33.5. The minimum absolute atomic E-state index is 0.00995. The van der Waals surface area contributed by atoms with Gasteiger partial charge in [-0.15, -0.1) is 13.2 Å². The number of ether oxygens (including phenoxy) is 2. The number of alkyl halides is 3. The summed E-state index contributed by atoms with van der Waals surface area (Å²) < 4.78 is 62.1. The van der Waals surface area contributed by atoms with Crippen LogP contribution in [-0.2, 0) is 11.3 Å². The molecule has 14 heteroatoms. The first kappa shape index (κ1) is 32.3. The number of aromatic nitrogens is 2. The summed E-state index contributed by atoms with van der Waals surface area (Å²) in [6.07, 6.45) is -8.26. The molecule has 1 heterocycles. The van der Waals surface area contributed by atoms with Gasteiger partial charge in [0, 0.05) is 25.6 Å². The van der Waals surface area contributed by atoms with Gasteiger partial charge in [0.15, 0.2) is 5.69 Å². The quantitative estimate of drug-likeness (QED) is 0.249.